The molecule has 0 aliphatic heterocycles. The van der Waals surface area contributed by atoms with E-state index >= 15 is 0 Å². The van der Waals surface area contributed by atoms with Crippen molar-refractivity contribution in [1.82, 2.24) is 9.97 Å². The van der Waals surface area contributed by atoms with Gasteiger partial charge in [-0.15, -0.1) is 0 Å². The Labute approximate surface area is 126 Å². The van der Waals surface area contributed by atoms with Crippen molar-refractivity contribution < 1.29 is 14.7 Å². The number of pyridine rings is 1. The number of hydrogen-bond donors (Lipinski definition) is 4. The Kier molecular flexibility index (Phi) is 3.70. The highest BCUT2D eigenvalue weighted by Gasteiger charge is 2.27. The number of carboxylic acid groups (broad SMARTS) is 1. The van der Waals surface area contributed by atoms with Crippen molar-refractivity contribution in [2.75, 3.05) is 5.32 Å². The van der Waals surface area contributed by atoms with Crippen molar-refractivity contribution in [3.63, 3.8) is 0 Å². The van der Waals surface area contributed by atoms with Crippen molar-refractivity contribution in [3.05, 3.63) is 24.0 Å². The topological polar surface area (TPSA) is 121 Å². The predicted octanol–water partition coefficient (Wildman–Crippen LogP) is 1.72. The van der Waals surface area contributed by atoms with Gasteiger partial charge in [0.2, 0.25) is 0 Å². The Morgan fingerprint density at radius 1 is 1.32 bits per heavy atom. The lowest BCUT2D eigenvalue weighted by Gasteiger charge is -2.28. The Morgan fingerprint density at radius 3 is 2.68 bits per heavy atom. The van der Waals surface area contributed by atoms with Crippen LogP contribution in [0.5, 0.6) is 0 Å². The van der Waals surface area contributed by atoms with Gasteiger partial charge in [0.15, 0.2) is 0 Å². The molecule has 22 heavy (non-hydrogen) atoms. The number of hydrogen-bond acceptors (Lipinski definition) is 4. The number of primary amides is 1. The summed E-state index contributed by atoms with van der Waals surface area (Å²) in [5.74, 6) is -1.52. The standard InChI is InChI=1S/C15H18N4O3/c16-13(20)11-7-18-14-10(5-6-17-14)12(11)19-9-3-1-8(2-4-9)15(21)22/h5-9H,1-4H2,(H2,16,20)(H,21,22)(H2,17,18,19)/t8-,9+. The lowest BCUT2D eigenvalue weighted by molar-refractivity contribution is -0.142. The van der Waals surface area contributed by atoms with Crippen molar-refractivity contribution >= 4 is 28.6 Å². The first-order valence-corrected chi connectivity index (χ1v) is 7.31. The average Bonchev–Trinajstić information content (AvgIpc) is 2.96. The highest BCUT2D eigenvalue weighted by Crippen LogP contribution is 2.31. The molecule has 0 aromatic carbocycles. The van der Waals surface area contributed by atoms with Crippen LogP contribution in [0.25, 0.3) is 11.0 Å². The monoisotopic (exact) mass is 302 g/mol. The summed E-state index contributed by atoms with van der Waals surface area (Å²) < 4.78 is 0. The predicted molar refractivity (Wildman–Crippen MR) is 81.6 cm³/mol. The van der Waals surface area contributed by atoms with Gasteiger partial charge in [-0.05, 0) is 31.7 Å². The van der Waals surface area contributed by atoms with Gasteiger partial charge in [-0.25, -0.2) is 4.98 Å². The summed E-state index contributed by atoms with van der Waals surface area (Å²) in [6, 6.07) is 1.98. The Hall–Kier alpha value is -2.57. The number of fused-ring (bicyclic) bond motifs is 1. The molecule has 2 heterocycles. The lowest BCUT2D eigenvalue weighted by Crippen LogP contribution is -2.30. The molecule has 2 aromatic rings. The summed E-state index contributed by atoms with van der Waals surface area (Å²) >= 11 is 0. The summed E-state index contributed by atoms with van der Waals surface area (Å²) in [7, 11) is 0. The molecular weight excluding hydrogens is 284 g/mol. The van der Waals surface area contributed by atoms with Gasteiger partial charge in [0.05, 0.1) is 17.2 Å². The molecule has 5 N–H and O–H groups in total. The van der Waals surface area contributed by atoms with Crippen LogP contribution in [0.3, 0.4) is 0 Å². The highest BCUT2D eigenvalue weighted by molar-refractivity contribution is 6.05. The zero-order valence-electron chi connectivity index (χ0n) is 12.0. The normalized spacial score (nSPS) is 21.6. The van der Waals surface area contributed by atoms with E-state index in [1.807, 2.05) is 6.07 Å². The number of carbonyl (C=O) groups excluding carboxylic acids is 1. The fourth-order valence-corrected chi connectivity index (χ4v) is 3.04. The molecule has 7 nitrogen and oxygen atoms in total. The van der Waals surface area contributed by atoms with Crippen LogP contribution in [0, 0.1) is 5.92 Å². The third kappa shape index (κ3) is 2.61. The maximum atomic E-state index is 11.6. The number of aliphatic carboxylic acids is 1. The molecule has 3 rings (SSSR count). The number of rotatable bonds is 4. The molecule has 7 heteroatoms. The smallest absolute Gasteiger partial charge is 0.306 e. The fraction of sp³-hybridized carbons (Fsp3) is 0.400. The summed E-state index contributed by atoms with van der Waals surface area (Å²) in [6.07, 6.45) is 6.01. The van der Waals surface area contributed by atoms with Gasteiger partial charge in [-0.3, -0.25) is 9.59 Å². The number of amides is 1. The van der Waals surface area contributed by atoms with E-state index in [1.54, 1.807) is 6.20 Å². The van der Waals surface area contributed by atoms with Crippen molar-refractivity contribution in [2.45, 2.75) is 31.7 Å². The minimum atomic E-state index is -0.729. The van der Waals surface area contributed by atoms with E-state index in [0.29, 0.717) is 29.7 Å². The summed E-state index contributed by atoms with van der Waals surface area (Å²) in [4.78, 5) is 29.8. The highest BCUT2D eigenvalue weighted by atomic mass is 16.4. The maximum Gasteiger partial charge on any atom is 0.306 e. The van der Waals surface area contributed by atoms with E-state index in [0.717, 1.165) is 18.2 Å². The molecule has 0 radical (unpaired) electrons. The number of nitrogens with one attached hydrogen (secondary N) is 2. The summed E-state index contributed by atoms with van der Waals surface area (Å²) in [5, 5.41) is 13.2. The Bertz CT molecular complexity index is 717. The fourth-order valence-electron chi connectivity index (χ4n) is 3.04. The maximum absolute atomic E-state index is 11.6. The molecule has 1 amide bonds. The molecule has 1 fully saturated rings. The van der Waals surface area contributed by atoms with Crippen LogP contribution < -0.4 is 11.1 Å². The molecule has 1 saturated carbocycles. The molecule has 2 aromatic heterocycles. The van der Waals surface area contributed by atoms with E-state index in [9.17, 15) is 9.59 Å². The van der Waals surface area contributed by atoms with Crippen LogP contribution in [-0.2, 0) is 4.79 Å². The SMILES string of the molecule is NC(=O)c1cnc2[nH]ccc2c1N[C@H]1CC[C@@H](C(=O)O)CC1. The molecule has 0 spiro atoms. The van der Waals surface area contributed by atoms with Crippen LogP contribution >= 0.6 is 0 Å². The Balaban J connectivity index is 1.84. The van der Waals surface area contributed by atoms with Gasteiger partial charge >= 0.3 is 5.97 Å². The largest absolute Gasteiger partial charge is 0.481 e. The Morgan fingerprint density at radius 2 is 2.05 bits per heavy atom. The number of nitrogens with zero attached hydrogens (tertiary/aromatic N) is 1. The molecular formula is C15H18N4O3. The lowest BCUT2D eigenvalue weighted by atomic mass is 9.86. The van der Waals surface area contributed by atoms with Crippen LogP contribution in [0.2, 0.25) is 0 Å². The van der Waals surface area contributed by atoms with E-state index in [2.05, 4.69) is 15.3 Å². The van der Waals surface area contributed by atoms with Gasteiger partial charge in [-0.2, -0.15) is 0 Å². The number of nitrogens with two attached hydrogens (primary N) is 1. The minimum Gasteiger partial charge on any atom is -0.481 e. The van der Waals surface area contributed by atoms with Crippen molar-refractivity contribution in [2.24, 2.45) is 11.7 Å². The molecule has 0 atom stereocenters. The second kappa shape index (κ2) is 5.67. The number of anilines is 1. The molecule has 1 aliphatic rings. The third-order valence-electron chi connectivity index (χ3n) is 4.28. The van der Waals surface area contributed by atoms with Gasteiger partial charge in [0, 0.05) is 23.8 Å². The van der Waals surface area contributed by atoms with E-state index in [-0.39, 0.29) is 12.0 Å². The number of carboxylic acids is 1. The van der Waals surface area contributed by atoms with E-state index < -0.39 is 11.9 Å². The van der Waals surface area contributed by atoms with E-state index in [4.69, 9.17) is 10.8 Å². The van der Waals surface area contributed by atoms with Crippen LogP contribution in [0.1, 0.15) is 36.0 Å². The molecule has 0 bridgehead atoms. The van der Waals surface area contributed by atoms with Gasteiger partial charge in [0.1, 0.15) is 5.65 Å². The summed E-state index contributed by atoms with van der Waals surface area (Å²) in [6.45, 7) is 0. The second-order valence-electron chi connectivity index (χ2n) is 5.68. The molecule has 0 unspecified atom stereocenters. The van der Waals surface area contributed by atoms with Gasteiger partial charge in [-0.1, -0.05) is 0 Å². The molecule has 1 aliphatic carbocycles. The average molecular weight is 302 g/mol. The van der Waals surface area contributed by atoms with Crippen LogP contribution in [0.15, 0.2) is 18.5 Å². The molecule has 116 valence electrons. The van der Waals surface area contributed by atoms with Crippen LogP contribution in [-0.4, -0.2) is 33.0 Å². The number of aromatic amines is 1. The quantitative estimate of drug-likeness (QED) is 0.685. The first kappa shape index (κ1) is 14.4. The zero-order chi connectivity index (χ0) is 15.7. The van der Waals surface area contributed by atoms with Crippen molar-refractivity contribution in [3.8, 4) is 0 Å². The first-order valence-electron chi connectivity index (χ1n) is 7.31. The summed E-state index contributed by atoms with van der Waals surface area (Å²) in [5.41, 5.74) is 7.15. The number of carbonyl (C=O) groups is 2. The first-order chi connectivity index (χ1) is 10.6. The third-order valence-corrected chi connectivity index (χ3v) is 4.28. The van der Waals surface area contributed by atoms with Crippen molar-refractivity contribution in [1.29, 1.82) is 0 Å². The number of aromatic nitrogens is 2. The minimum absolute atomic E-state index is 0.134. The second-order valence-corrected chi connectivity index (χ2v) is 5.68. The van der Waals surface area contributed by atoms with E-state index in [1.165, 1.54) is 6.20 Å². The van der Waals surface area contributed by atoms with Crippen LogP contribution in [0.4, 0.5) is 5.69 Å². The van der Waals surface area contributed by atoms with Gasteiger partial charge in [0.25, 0.3) is 5.91 Å². The number of H-pyrrole nitrogens is 1. The molecule has 0 saturated heterocycles. The zero-order valence-corrected chi connectivity index (χ0v) is 12.0. The van der Waals surface area contributed by atoms with Gasteiger partial charge < -0.3 is 21.1 Å².